The number of rotatable bonds is 7. The van der Waals surface area contributed by atoms with Gasteiger partial charge in [0.05, 0.1) is 18.7 Å². The van der Waals surface area contributed by atoms with Crippen molar-refractivity contribution >= 4 is 11.7 Å². The number of aromatic hydroxyl groups is 1. The molecule has 130 valence electrons. The summed E-state index contributed by atoms with van der Waals surface area (Å²) in [6.07, 6.45) is 0.562. The first-order chi connectivity index (χ1) is 11.4. The number of carbonyl (C=O) groups is 2. The summed E-state index contributed by atoms with van der Waals surface area (Å²) < 4.78 is 10.1. The van der Waals surface area contributed by atoms with E-state index in [1.165, 1.54) is 25.0 Å². The van der Waals surface area contributed by atoms with E-state index in [0.29, 0.717) is 25.1 Å². The Morgan fingerprint density at radius 2 is 2.00 bits per heavy atom. The van der Waals surface area contributed by atoms with Crippen LogP contribution in [0.25, 0.3) is 0 Å². The van der Waals surface area contributed by atoms with Crippen molar-refractivity contribution in [2.45, 2.75) is 19.4 Å². The predicted molar refractivity (Wildman–Crippen MR) is 85.9 cm³/mol. The smallest absolute Gasteiger partial charge is 0.290 e. The number of nitrogens with zero attached hydrogens (tertiary/aromatic N) is 1. The third kappa shape index (κ3) is 3.21. The highest BCUT2D eigenvalue weighted by molar-refractivity contribution is 6.08. The summed E-state index contributed by atoms with van der Waals surface area (Å²) in [4.78, 5) is 25.8. The molecular formula is C17H21NO6. The van der Waals surface area contributed by atoms with Gasteiger partial charge in [-0.3, -0.25) is 9.59 Å². The van der Waals surface area contributed by atoms with Gasteiger partial charge in [-0.05, 0) is 31.0 Å². The van der Waals surface area contributed by atoms with Crippen LogP contribution in [0.5, 0.6) is 11.5 Å². The minimum absolute atomic E-state index is 0.0464. The van der Waals surface area contributed by atoms with Gasteiger partial charge in [0.2, 0.25) is 0 Å². The zero-order chi connectivity index (χ0) is 17.9. The maximum Gasteiger partial charge on any atom is 0.290 e. The van der Waals surface area contributed by atoms with Gasteiger partial charge < -0.3 is 24.6 Å². The Kier molecular flexibility index (Phi) is 5.46. The molecule has 0 spiro atoms. The Bertz CT molecular complexity index is 682. The molecule has 2 rings (SSSR count). The molecule has 1 aromatic carbocycles. The fraction of sp³-hybridized carbons (Fsp3) is 0.412. The topological polar surface area (TPSA) is 96.3 Å². The monoisotopic (exact) mass is 335 g/mol. The maximum absolute atomic E-state index is 12.4. The van der Waals surface area contributed by atoms with Crippen LogP contribution < -0.4 is 4.74 Å². The number of hydrogen-bond donors (Lipinski definition) is 2. The average Bonchev–Trinajstić information content (AvgIpc) is 2.80. The third-order valence-electron chi connectivity index (χ3n) is 3.95. The molecule has 7 nitrogen and oxygen atoms in total. The van der Waals surface area contributed by atoms with Gasteiger partial charge in [-0.25, -0.2) is 0 Å². The zero-order valence-corrected chi connectivity index (χ0v) is 13.9. The molecule has 0 saturated heterocycles. The number of amides is 1. The second-order valence-corrected chi connectivity index (χ2v) is 5.50. The summed E-state index contributed by atoms with van der Waals surface area (Å²) in [5, 5.41) is 19.9. The van der Waals surface area contributed by atoms with Crippen LogP contribution in [-0.2, 0) is 14.3 Å². The van der Waals surface area contributed by atoms with Gasteiger partial charge in [-0.15, -0.1) is 0 Å². The molecular weight excluding hydrogens is 314 g/mol. The summed E-state index contributed by atoms with van der Waals surface area (Å²) >= 11 is 0. The molecule has 1 aromatic rings. The highest BCUT2D eigenvalue weighted by Gasteiger charge is 2.42. The summed E-state index contributed by atoms with van der Waals surface area (Å²) in [6, 6.07) is 3.86. The number of ether oxygens (including phenoxy) is 2. The van der Waals surface area contributed by atoms with E-state index in [9.17, 15) is 19.8 Å². The van der Waals surface area contributed by atoms with Crippen molar-refractivity contribution in [2.24, 2.45) is 0 Å². The molecule has 24 heavy (non-hydrogen) atoms. The number of aliphatic hydroxyl groups is 1. The van der Waals surface area contributed by atoms with E-state index in [4.69, 9.17) is 9.47 Å². The summed E-state index contributed by atoms with van der Waals surface area (Å²) in [6.45, 7) is 2.08. The number of aliphatic hydroxyl groups excluding tert-OH is 1. The predicted octanol–water partition coefficient (Wildman–Crippen LogP) is 1.72. The molecule has 2 N–H and O–H groups in total. The number of benzene rings is 1. The lowest BCUT2D eigenvalue weighted by molar-refractivity contribution is -0.129. The molecule has 7 heteroatoms. The van der Waals surface area contributed by atoms with Gasteiger partial charge in [0.25, 0.3) is 5.91 Å². The van der Waals surface area contributed by atoms with Crippen LogP contribution in [0.3, 0.4) is 0 Å². The highest BCUT2D eigenvalue weighted by atomic mass is 16.5. The van der Waals surface area contributed by atoms with Gasteiger partial charge in [-0.2, -0.15) is 0 Å². The van der Waals surface area contributed by atoms with Crippen molar-refractivity contribution in [3.8, 4) is 11.5 Å². The number of hydrogen-bond acceptors (Lipinski definition) is 6. The number of phenols is 1. The first-order valence-electron chi connectivity index (χ1n) is 7.53. The molecule has 1 aliphatic rings. The van der Waals surface area contributed by atoms with Crippen molar-refractivity contribution in [3.63, 3.8) is 0 Å². The van der Waals surface area contributed by atoms with E-state index in [1.807, 2.05) is 0 Å². The number of carbonyl (C=O) groups excluding carboxylic acids is 2. The summed E-state index contributed by atoms with van der Waals surface area (Å²) in [5.74, 6) is -1.32. The maximum atomic E-state index is 12.4. The van der Waals surface area contributed by atoms with Gasteiger partial charge >= 0.3 is 0 Å². The SMILES string of the molecule is COCCCN1C(=O)C(O)=C(C(C)=O)[C@H]1c1ccc(O)c(OC)c1. The molecule has 0 radical (unpaired) electrons. The van der Waals surface area contributed by atoms with Crippen LogP contribution in [0.2, 0.25) is 0 Å². The third-order valence-corrected chi connectivity index (χ3v) is 3.95. The molecule has 0 aromatic heterocycles. The fourth-order valence-corrected chi connectivity index (χ4v) is 2.83. The Morgan fingerprint density at radius 1 is 1.29 bits per heavy atom. The van der Waals surface area contributed by atoms with Crippen molar-refractivity contribution < 1.29 is 29.3 Å². The van der Waals surface area contributed by atoms with Crippen molar-refractivity contribution in [1.82, 2.24) is 4.90 Å². The lowest BCUT2D eigenvalue weighted by Gasteiger charge is -2.26. The van der Waals surface area contributed by atoms with E-state index < -0.39 is 17.7 Å². The van der Waals surface area contributed by atoms with Crippen molar-refractivity contribution in [1.29, 1.82) is 0 Å². The summed E-state index contributed by atoms with van der Waals surface area (Å²) in [7, 11) is 2.97. The Morgan fingerprint density at radius 3 is 2.58 bits per heavy atom. The van der Waals surface area contributed by atoms with Crippen LogP contribution in [0.15, 0.2) is 29.5 Å². The van der Waals surface area contributed by atoms with Crippen LogP contribution in [0.4, 0.5) is 0 Å². The fourth-order valence-electron chi connectivity index (χ4n) is 2.83. The highest BCUT2D eigenvalue weighted by Crippen LogP contribution is 2.40. The van der Waals surface area contributed by atoms with Crippen LogP contribution in [0, 0.1) is 0 Å². The molecule has 0 fully saturated rings. The molecule has 1 heterocycles. The average molecular weight is 335 g/mol. The Balaban J connectivity index is 2.46. The van der Waals surface area contributed by atoms with Gasteiger partial charge in [0, 0.05) is 20.3 Å². The van der Waals surface area contributed by atoms with Crippen LogP contribution >= 0.6 is 0 Å². The second kappa shape index (κ2) is 7.35. The first kappa shape index (κ1) is 17.8. The number of Topliss-reactive ketones (excluding diaryl/α,β-unsaturated/α-hetero) is 1. The lowest BCUT2D eigenvalue weighted by Crippen LogP contribution is -2.32. The van der Waals surface area contributed by atoms with E-state index in [-0.39, 0.29) is 22.9 Å². The van der Waals surface area contributed by atoms with E-state index in [1.54, 1.807) is 19.2 Å². The van der Waals surface area contributed by atoms with E-state index in [0.717, 1.165) is 0 Å². The van der Waals surface area contributed by atoms with Gasteiger partial charge in [0.15, 0.2) is 23.0 Å². The molecule has 1 aliphatic heterocycles. The number of phenolic OH excluding ortho intramolecular Hbond substituents is 1. The van der Waals surface area contributed by atoms with Crippen molar-refractivity contribution in [3.05, 3.63) is 35.1 Å². The zero-order valence-electron chi connectivity index (χ0n) is 13.9. The molecule has 0 bridgehead atoms. The van der Waals surface area contributed by atoms with E-state index in [2.05, 4.69) is 0 Å². The molecule has 1 amide bonds. The second-order valence-electron chi connectivity index (χ2n) is 5.50. The molecule has 0 unspecified atom stereocenters. The van der Waals surface area contributed by atoms with Crippen LogP contribution in [0.1, 0.15) is 24.9 Å². The minimum atomic E-state index is -0.721. The van der Waals surface area contributed by atoms with Crippen molar-refractivity contribution in [2.75, 3.05) is 27.4 Å². The normalized spacial score (nSPS) is 17.5. The van der Waals surface area contributed by atoms with Gasteiger partial charge in [0.1, 0.15) is 0 Å². The molecule has 0 saturated carbocycles. The Hall–Kier alpha value is -2.54. The van der Waals surface area contributed by atoms with E-state index >= 15 is 0 Å². The minimum Gasteiger partial charge on any atom is -0.504 e. The number of methoxy groups -OCH3 is 2. The van der Waals surface area contributed by atoms with Crippen LogP contribution in [-0.4, -0.2) is 54.2 Å². The number of ketones is 1. The molecule has 1 atom stereocenters. The molecule has 0 aliphatic carbocycles. The standard InChI is InChI=1S/C17H21NO6/c1-10(19)14-15(11-5-6-12(20)13(9-11)24-3)18(7-4-8-23-2)17(22)16(14)21/h5-6,9,15,20-21H,4,7-8H2,1-3H3/t15-/m1/s1. The lowest BCUT2D eigenvalue weighted by atomic mass is 9.96. The van der Waals surface area contributed by atoms with Gasteiger partial charge in [-0.1, -0.05) is 6.07 Å². The quantitative estimate of drug-likeness (QED) is 0.737. The summed E-state index contributed by atoms with van der Waals surface area (Å²) in [5.41, 5.74) is 0.620. The largest absolute Gasteiger partial charge is 0.504 e. The first-order valence-corrected chi connectivity index (χ1v) is 7.53. The Labute approximate surface area is 140 Å².